The Morgan fingerprint density at radius 3 is 1.71 bits per heavy atom. The molecule has 0 bridgehead atoms. The molecule has 1 nitrogen and oxygen atoms in total. The second-order valence-corrected chi connectivity index (χ2v) is 9.64. The van der Waals surface area contributed by atoms with Gasteiger partial charge in [0.1, 0.15) is 0 Å². The van der Waals surface area contributed by atoms with E-state index in [0.717, 1.165) is 12.6 Å². The molecule has 0 saturated carbocycles. The molecule has 2 aromatic carbocycles. The Labute approximate surface area is 161 Å². The van der Waals surface area contributed by atoms with Crippen molar-refractivity contribution in [2.24, 2.45) is 0 Å². The number of aryl methyl sites for hydroxylation is 1. The van der Waals surface area contributed by atoms with E-state index in [2.05, 4.69) is 77.8 Å². The Balaban J connectivity index is 0.000000647. The van der Waals surface area contributed by atoms with E-state index in [1.165, 1.54) is 16.3 Å². The van der Waals surface area contributed by atoms with Gasteiger partial charge in [-0.15, -0.1) is 0 Å². The molecule has 0 N–H and O–H groups in total. The molecule has 0 radical (unpaired) electrons. The van der Waals surface area contributed by atoms with Gasteiger partial charge < -0.3 is 0 Å². The van der Waals surface area contributed by atoms with E-state index in [1.54, 1.807) is 0 Å². The molecule has 1 heterocycles. The largest absolute Gasteiger partial charge is 0.261 e. The van der Waals surface area contributed by atoms with Gasteiger partial charge >= 0.3 is 35.0 Å². The summed E-state index contributed by atoms with van der Waals surface area (Å²) in [7, 11) is 9.31. The SMILES string of the molecule is [Cl][Pd][Cl].c1ccc(P(CCc2ccccn2)c2ccccc2)cc1. The van der Waals surface area contributed by atoms with Crippen LogP contribution < -0.4 is 10.6 Å². The Morgan fingerprint density at radius 2 is 1.25 bits per heavy atom. The van der Waals surface area contributed by atoms with Crippen LogP contribution in [0.3, 0.4) is 0 Å². The molecule has 1 aromatic heterocycles. The van der Waals surface area contributed by atoms with Crippen molar-refractivity contribution < 1.29 is 15.9 Å². The van der Waals surface area contributed by atoms with Crippen molar-refractivity contribution in [3.8, 4) is 0 Å². The number of pyridine rings is 1. The number of benzene rings is 2. The van der Waals surface area contributed by atoms with Crippen LogP contribution in [0.25, 0.3) is 0 Å². The van der Waals surface area contributed by atoms with Crippen LogP contribution in [0.1, 0.15) is 5.69 Å². The number of halogens is 2. The molecule has 0 saturated heterocycles. The smallest absolute Gasteiger partial charge is 0.0407 e. The molecule has 0 fully saturated rings. The maximum absolute atomic E-state index is 4.81. The van der Waals surface area contributed by atoms with Gasteiger partial charge in [-0.3, -0.25) is 4.98 Å². The molecule has 0 atom stereocenters. The van der Waals surface area contributed by atoms with Crippen molar-refractivity contribution in [2.75, 3.05) is 6.16 Å². The van der Waals surface area contributed by atoms with Gasteiger partial charge in [-0.2, -0.15) is 0 Å². The van der Waals surface area contributed by atoms with Crippen LogP contribution in [-0.4, -0.2) is 11.1 Å². The minimum atomic E-state index is -0.315. The topological polar surface area (TPSA) is 12.9 Å². The first-order chi connectivity index (χ1) is 11.8. The van der Waals surface area contributed by atoms with Gasteiger partial charge in [-0.05, 0) is 43.2 Å². The van der Waals surface area contributed by atoms with Crippen molar-refractivity contribution in [3.63, 3.8) is 0 Å². The van der Waals surface area contributed by atoms with Crippen molar-refractivity contribution in [3.05, 3.63) is 90.8 Å². The molecule has 0 aliphatic rings. The Bertz CT molecular complexity index is 644. The third kappa shape index (κ3) is 6.64. The van der Waals surface area contributed by atoms with E-state index >= 15 is 0 Å². The Morgan fingerprint density at radius 1 is 0.750 bits per heavy atom. The molecule has 3 rings (SSSR count). The van der Waals surface area contributed by atoms with E-state index in [0.29, 0.717) is 0 Å². The molecule has 5 heteroatoms. The van der Waals surface area contributed by atoms with Gasteiger partial charge in [0.15, 0.2) is 0 Å². The number of nitrogens with zero attached hydrogens (tertiary/aromatic N) is 1. The van der Waals surface area contributed by atoms with Crippen molar-refractivity contribution >= 4 is 37.6 Å². The summed E-state index contributed by atoms with van der Waals surface area (Å²) in [5.41, 5.74) is 1.18. The molecule has 24 heavy (non-hydrogen) atoms. The van der Waals surface area contributed by atoms with Gasteiger partial charge in [0.2, 0.25) is 0 Å². The fourth-order valence-corrected chi connectivity index (χ4v) is 4.73. The Hall–Kier alpha value is -0.738. The fraction of sp³-hybridized carbons (Fsp3) is 0.105. The average molecular weight is 469 g/mol. The third-order valence-electron chi connectivity index (χ3n) is 3.45. The maximum Gasteiger partial charge on any atom is 0.0407 e. The molecule has 0 aliphatic heterocycles. The normalized spacial score (nSPS) is 10.3. The standard InChI is InChI=1S/C19H18NP.2ClH.Pd/c1-3-10-18(11-4-1)21(19-12-5-2-6-13-19)16-14-17-9-7-8-15-20-17;;;/h1-13,15H,14,16H2;2*1H;/q;;;+2/p-2. The molecule has 128 valence electrons. The van der Waals surface area contributed by atoms with Gasteiger partial charge in [-0.25, -0.2) is 0 Å². The van der Waals surface area contributed by atoms with Crippen LogP contribution in [0.4, 0.5) is 0 Å². The van der Waals surface area contributed by atoms with Crippen molar-refractivity contribution in [2.45, 2.75) is 6.42 Å². The number of rotatable bonds is 5. The van der Waals surface area contributed by atoms with Crippen molar-refractivity contribution in [1.29, 1.82) is 0 Å². The van der Waals surface area contributed by atoms with Crippen LogP contribution in [0.2, 0.25) is 0 Å². The summed E-state index contributed by atoms with van der Waals surface area (Å²) < 4.78 is 0. The molecule has 0 aliphatic carbocycles. The summed E-state index contributed by atoms with van der Waals surface area (Å²) in [4.78, 5) is 4.45. The monoisotopic (exact) mass is 467 g/mol. The van der Waals surface area contributed by atoms with E-state index in [9.17, 15) is 0 Å². The first-order valence-corrected chi connectivity index (χ1v) is 13.0. The quantitative estimate of drug-likeness (QED) is 0.374. The summed E-state index contributed by atoms with van der Waals surface area (Å²) in [6.45, 7) is 0. The summed E-state index contributed by atoms with van der Waals surface area (Å²) >= 11 is -0.106. The minimum Gasteiger partial charge on any atom is -0.261 e. The van der Waals surface area contributed by atoms with Gasteiger partial charge in [0.05, 0.1) is 0 Å². The average Bonchev–Trinajstić information content (AvgIpc) is 2.65. The molecule has 0 amide bonds. The zero-order chi connectivity index (χ0) is 17.0. The van der Waals surface area contributed by atoms with Crippen LogP contribution in [0.15, 0.2) is 85.1 Å². The van der Waals surface area contributed by atoms with Gasteiger partial charge in [0.25, 0.3) is 0 Å². The van der Waals surface area contributed by atoms with E-state index in [4.69, 9.17) is 19.1 Å². The molecular weight excluding hydrogens is 451 g/mol. The second-order valence-electron chi connectivity index (χ2n) is 4.94. The first-order valence-electron chi connectivity index (χ1n) is 7.45. The molecule has 0 spiro atoms. The van der Waals surface area contributed by atoms with Crippen molar-refractivity contribution in [1.82, 2.24) is 4.98 Å². The van der Waals surface area contributed by atoms with Crippen LogP contribution in [0, 0.1) is 0 Å². The first kappa shape index (κ1) is 19.6. The fourth-order valence-electron chi connectivity index (χ4n) is 2.40. The van der Waals surface area contributed by atoms with E-state index in [1.807, 2.05) is 12.3 Å². The molecular formula is C19H18Cl2NPPd. The second kappa shape index (κ2) is 11.8. The van der Waals surface area contributed by atoms with Crippen LogP contribution in [-0.2, 0) is 22.4 Å². The zero-order valence-electron chi connectivity index (χ0n) is 13.0. The zero-order valence-corrected chi connectivity index (χ0v) is 16.9. The van der Waals surface area contributed by atoms with Gasteiger partial charge in [-0.1, -0.05) is 66.7 Å². The summed E-state index contributed by atoms with van der Waals surface area (Å²) in [5.74, 6) is 0. The van der Waals surface area contributed by atoms with E-state index < -0.39 is 0 Å². The minimum absolute atomic E-state index is 0.106. The maximum atomic E-state index is 4.81. The molecule has 3 aromatic rings. The summed E-state index contributed by atoms with van der Waals surface area (Å²) in [5, 5.41) is 2.88. The number of hydrogen-bond donors (Lipinski definition) is 0. The van der Waals surface area contributed by atoms with Crippen LogP contribution in [0.5, 0.6) is 0 Å². The predicted molar refractivity (Wildman–Crippen MR) is 104 cm³/mol. The molecule has 0 unspecified atom stereocenters. The number of aromatic nitrogens is 1. The van der Waals surface area contributed by atoms with E-state index in [-0.39, 0.29) is 23.9 Å². The number of hydrogen-bond acceptors (Lipinski definition) is 1. The third-order valence-corrected chi connectivity index (χ3v) is 5.97. The van der Waals surface area contributed by atoms with Crippen LogP contribution >= 0.6 is 27.0 Å². The Kier molecular flexibility index (Phi) is 9.59. The summed E-state index contributed by atoms with van der Waals surface area (Å²) in [6, 6.07) is 27.8. The summed E-state index contributed by atoms with van der Waals surface area (Å²) in [6.07, 6.45) is 4.04. The van der Waals surface area contributed by atoms with Gasteiger partial charge in [0, 0.05) is 11.9 Å². The predicted octanol–water partition coefficient (Wildman–Crippen LogP) is 5.13.